The average molecular weight is 389 g/mol. The molecule has 0 unspecified atom stereocenters. The smallest absolute Gasteiger partial charge is 0.223 e. The first-order chi connectivity index (χ1) is 13.0. The normalized spacial score (nSPS) is 10.3. The van der Waals surface area contributed by atoms with Crippen molar-refractivity contribution in [1.29, 1.82) is 0 Å². The monoisotopic (exact) mass is 388 g/mol. The molecule has 0 atom stereocenters. The summed E-state index contributed by atoms with van der Waals surface area (Å²) in [7, 11) is 0. The minimum absolute atomic E-state index is 0.0887. The second-order valence-electron chi connectivity index (χ2n) is 6.08. The highest BCUT2D eigenvalue weighted by molar-refractivity contribution is 6.30. The lowest BCUT2D eigenvalue weighted by Gasteiger charge is -2.21. The Bertz CT molecular complexity index is 762. The van der Waals surface area contributed by atoms with E-state index in [4.69, 9.17) is 16.3 Å². The van der Waals surface area contributed by atoms with Crippen molar-refractivity contribution in [2.24, 2.45) is 0 Å². The van der Waals surface area contributed by atoms with Crippen molar-refractivity contribution >= 4 is 29.1 Å². The minimum atomic E-state index is -0.106. The summed E-state index contributed by atoms with van der Waals surface area (Å²) in [5, 5.41) is 3.57. The molecule has 0 radical (unpaired) electrons. The topological polar surface area (TPSA) is 58.6 Å². The van der Waals surface area contributed by atoms with Gasteiger partial charge in [-0.3, -0.25) is 9.59 Å². The van der Waals surface area contributed by atoms with E-state index in [1.165, 1.54) is 6.92 Å². The van der Waals surface area contributed by atoms with Crippen LogP contribution in [0.5, 0.6) is 5.75 Å². The molecular formula is C21H25ClN2O3. The molecule has 2 amide bonds. The number of hydrogen-bond acceptors (Lipinski definition) is 3. The first kappa shape index (κ1) is 20.8. The summed E-state index contributed by atoms with van der Waals surface area (Å²) >= 11 is 5.95. The van der Waals surface area contributed by atoms with Crippen LogP contribution >= 0.6 is 11.6 Å². The van der Waals surface area contributed by atoms with E-state index in [0.29, 0.717) is 31.1 Å². The molecule has 0 heterocycles. The van der Waals surface area contributed by atoms with E-state index in [-0.39, 0.29) is 18.2 Å². The van der Waals surface area contributed by atoms with Gasteiger partial charge in [0.05, 0.1) is 6.61 Å². The number of anilines is 1. The summed E-state index contributed by atoms with van der Waals surface area (Å²) < 4.78 is 5.41. The van der Waals surface area contributed by atoms with Crippen molar-refractivity contribution in [2.45, 2.75) is 26.7 Å². The van der Waals surface area contributed by atoms with E-state index in [1.807, 2.05) is 55.5 Å². The molecular weight excluding hydrogens is 364 g/mol. The molecule has 144 valence electrons. The molecule has 0 saturated heterocycles. The van der Waals surface area contributed by atoms with Gasteiger partial charge in [-0.25, -0.2) is 0 Å². The van der Waals surface area contributed by atoms with Gasteiger partial charge < -0.3 is 15.0 Å². The van der Waals surface area contributed by atoms with E-state index in [9.17, 15) is 9.59 Å². The molecule has 2 rings (SSSR count). The summed E-state index contributed by atoms with van der Waals surface area (Å²) in [4.78, 5) is 25.6. The van der Waals surface area contributed by atoms with Crippen molar-refractivity contribution < 1.29 is 14.3 Å². The lowest BCUT2D eigenvalue weighted by molar-refractivity contribution is -0.121. The Morgan fingerprint density at radius 1 is 1.15 bits per heavy atom. The highest BCUT2D eigenvalue weighted by Gasteiger charge is 2.13. The molecule has 0 saturated carbocycles. The maximum absolute atomic E-state index is 12.1. The predicted octanol–water partition coefficient (Wildman–Crippen LogP) is 3.84. The number of ether oxygens (including phenoxy) is 1. The number of rotatable bonds is 9. The molecule has 0 aromatic heterocycles. The van der Waals surface area contributed by atoms with Gasteiger partial charge in [-0.2, -0.15) is 0 Å². The number of amides is 2. The van der Waals surface area contributed by atoms with Crippen LogP contribution in [0.25, 0.3) is 0 Å². The summed E-state index contributed by atoms with van der Waals surface area (Å²) in [6.07, 6.45) is 0.948. The molecule has 0 fully saturated rings. The number of hydrogen-bond donors (Lipinski definition) is 1. The quantitative estimate of drug-likeness (QED) is 0.710. The van der Waals surface area contributed by atoms with Crippen molar-refractivity contribution in [3.8, 4) is 5.75 Å². The summed E-state index contributed by atoms with van der Waals surface area (Å²) in [6, 6.07) is 14.9. The van der Waals surface area contributed by atoms with E-state index in [0.717, 1.165) is 17.0 Å². The zero-order chi connectivity index (χ0) is 19.6. The number of benzene rings is 2. The Balaban J connectivity index is 1.82. The summed E-state index contributed by atoms with van der Waals surface area (Å²) in [5.74, 6) is 0.559. The van der Waals surface area contributed by atoms with Gasteiger partial charge in [0.1, 0.15) is 5.75 Å². The Hall–Kier alpha value is -2.53. The molecule has 6 heteroatoms. The molecule has 27 heavy (non-hydrogen) atoms. The van der Waals surface area contributed by atoms with Gasteiger partial charge in [0.2, 0.25) is 11.8 Å². The number of carbonyl (C=O) groups is 2. The van der Waals surface area contributed by atoms with Gasteiger partial charge >= 0.3 is 0 Å². The Kier molecular flexibility index (Phi) is 8.14. The molecule has 0 aliphatic heterocycles. The van der Waals surface area contributed by atoms with Crippen LogP contribution in [0.1, 0.15) is 25.8 Å². The van der Waals surface area contributed by atoms with E-state index in [2.05, 4.69) is 5.32 Å². The average Bonchev–Trinajstić information content (AvgIpc) is 2.63. The Morgan fingerprint density at radius 2 is 1.89 bits per heavy atom. The number of nitrogens with one attached hydrogen (secondary N) is 1. The van der Waals surface area contributed by atoms with Crippen molar-refractivity contribution in [2.75, 3.05) is 24.6 Å². The van der Waals surface area contributed by atoms with Gasteiger partial charge in [-0.15, -0.1) is 0 Å². The highest BCUT2D eigenvalue weighted by Crippen LogP contribution is 2.20. The highest BCUT2D eigenvalue weighted by atomic mass is 35.5. The van der Waals surface area contributed by atoms with Crippen LogP contribution in [0.2, 0.25) is 5.02 Å². The summed E-state index contributed by atoms with van der Waals surface area (Å²) in [5.41, 5.74) is 1.82. The minimum Gasteiger partial charge on any atom is -0.494 e. The third-order valence-electron chi connectivity index (χ3n) is 4.03. The van der Waals surface area contributed by atoms with Crippen LogP contribution < -0.4 is 15.0 Å². The van der Waals surface area contributed by atoms with Crippen LogP contribution in [-0.4, -0.2) is 31.5 Å². The fraction of sp³-hybridized carbons (Fsp3) is 0.333. The molecule has 0 aliphatic carbocycles. The fourth-order valence-corrected chi connectivity index (χ4v) is 2.91. The number of carbonyl (C=O) groups excluding carboxylic acids is 2. The molecule has 0 aliphatic rings. The second kappa shape index (κ2) is 10.6. The van der Waals surface area contributed by atoms with Crippen molar-refractivity contribution in [3.63, 3.8) is 0 Å². The lowest BCUT2D eigenvalue weighted by atomic mass is 10.1. The SMILES string of the molecule is CCOc1ccc(N(CCC(=O)NCCc2cccc(Cl)c2)C(C)=O)cc1. The summed E-state index contributed by atoms with van der Waals surface area (Å²) in [6.45, 7) is 4.86. The van der Waals surface area contributed by atoms with Crippen LogP contribution in [-0.2, 0) is 16.0 Å². The standard InChI is InChI=1S/C21H25ClN2O3/c1-3-27-20-9-7-19(8-10-20)24(16(2)25)14-12-21(26)23-13-11-17-5-4-6-18(22)15-17/h4-10,15H,3,11-14H2,1-2H3,(H,23,26). The van der Waals surface area contributed by atoms with E-state index in [1.54, 1.807) is 4.90 Å². The van der Waals surface area contributed by atoms with Gasteiger partial charge in [-0.1, -0.05) is 23.7 Å². The van der Waals surface area contributed by atoms with Gasteiger partial charge in [0, 0.05) is 37.1 Å². The molecule has 0 bridgehead atoms. The van der Waals surface area contributed by atoms with Crippen LogP contribution in [0.4, 0.5) is 5.69 Å². The third-order valence-corrected chi connectivity index (χ3v) is 4.26. The van der Waals surface area contributed by atoms with E-state index < -0.39 is 0 Å². The molecule has 2 aromatic carbocycles. The van der Waals surface area contributed by atoms with Crippen molar-refractivity contribution in [3.05, 3.63) is 59.1 Å². The number of nitrogens with zero attached hydrogens (tertiary/aromatic N) is 1. The van der Waals surface area contributed by atoms with E-state index >= 15 is 0 Å². The molecule has 0 spiro atoms. The van der Waals surface area contributed by atoms with Gasteiger partial charge in [-0.05, 0) is 55.3 Å². The Labute approximate surface area is 165 Å². The molecule has 5 nitrogen and oxygen atoms in total. The zero-order valence-electron chi connectivity index (χ0n) is 15.7. The first-order valence-electron chi connectivity index (χ1n) is 9.01. The largest absolute Gasteiger partial charge is 0.494 e. The lowest BCUT2D eigenvalue weighted by Crippen LogP contribution is -2.34. The second-order valence-corrected chi connectivity index (χ2v) is 6.51. The third kappa shape index (κ3) is 6.94. The zero-order valence-corrected chi connectivity index (χ0v) is 16.5. The van der Waals surface area contributed by atoms with Crippen LogP contribution in [0, 0.1) is 0 Å². The molecule has 2 aromatic rings. The maximum Gasteiger partial charge on any atom is 0.223 e. The molecule has 1 N–H and O–H groups in total. The fourth-order valence-electron chi connectivity index (χ4n) is 2.70. The van der Waals surface area contributed by atoms with Crippen LogP contribution in [0.3, 0.4) is 0 Å². The van der Waals surface area contributed by atoms with Gasteiger partial charge in [0.15, 0.2) is 0 Å². The first-order valence-corrected chi connectivity index (χ1v) is 9.39. The van der Waals surface area contributed by atoms with Crippen molar-refractivity contribution in [1.82, 2.24) is 5.32 Å². The number of halogens is 1. The predicted molar refractivity (Wildman–Crippen MR) is 108 cm³/mol. The van der Waals surface area contributed by atoms with Gasteiger partial charge in [0.25, 0.3) is 0 Å². The van der Waals surface area contributed by atoms with Crippen LogP contribution in [0.15, 0.2) is 48.5 Å². The Morgan fingerprint density at radius 3 is 2.52 bits per heavy atom. The maximum atomic E-state index is 12.1.